The number of urea groups is 1. The van der Waals surface area contributed by atoms with Crippen LogP contribution >= 0.6 is 11.6 Å². The quantitative estimate of drug-likeness (QED) is 0.715. The zero-order chi connectivity index (χ0) is 16.3. The Hall–Kier alpha value is -2.26. The zero-order valence-corrected chi connectivity index (χ0v) is 13.7. The van der Waals surface area contributed by atoms with Crippen molar-refractivity contribution >= 4 is 23.7 Å². The van der Waals surface area contributed by atoms with Gasteiger partial charge in [-0.3, -0.25) is 0 Å². The molecule has 0 saturated heterocycles. The Morgan fingerprint density at radius 3 is 2.65 bits per heavy atom. The second kappa shape index (κ2) is 9.70. The van der Waals surface area contributed by atoms with Crippen molar-refractivity contribution in [2.75, 3.05) is 6.54 Å². The molecule has 2 N–H and O–H groups in total. The monoisotopic (exact) mass is 328 g/mol. The third kappa shape index (κ3) is 7.02. The van der Waals surface area contributed by atoms with E-state index in [9.17, 15) is 4.79 Å². The fourth-order valence-electron chi connectivity index (χ4n) is 2.18. The lowest BCUT2D eigenvalue weighted by atomic mass is 10.1. The molecule has 2 rings (SSSR count). The van der Waals surface area contributed by atoms with Gasteiger partial charge >= 0.3 is 6.03 Å². The molecule has 0 aliphatic heterocycles. The number of benzene rings is 2. The smallest absolute Gasteiger partial charge is 0.318 e. The Labute approximate surface area is 142 Å². The highest BCUT2D eigenvalue weighted by atomic mass is 35.5. The van der Waals surface area contributed by atoms with Crippen LogP contribution < -0.4 is 10.6 Å². The van der Waals surface area contributed by atoms with Crippen LogP contribution in [0.3, 0.4) is 0 Å². The Morgan fingerprint density at radius 1 is 1.04 bits per heavy atom. The standard InChI is InChI=1S/C19H21ClN2O/c20-18-11-6-10-17(15-18)12-14-22-19(23)21-13-5-4-9-16-7-2-1-3-8-16/h1-3,6-8,10-12,14-15H,4-5,9,13H2,(H2,21,22,23)/b14-12+. The van der Waals surface area contributed by atoms with Crippen molar-refractivity contribution in [3.63, 3.8) is 0 Å². The molecule has 0 atom stereocenters. The molecule has 0 aromatic heterocycles. The van der Waals surface area contributed by atoms with Gasteiger partial charge in [-0.25, -0.2) is 4.79 Å². The third-order valence-electron chi connectivity index (χ3n) is 3.36. The van der Waals surface area contributed by atoms with Crippen LogP contribution in [0.5, 0.6) is 0 Å². The van der Waals surface area contributed by atoms with E-state index in [0.717, 1.165) is 24.8 Å². The first-order valence-corrected chi connectivity index (χ1v) is 8.12. The number of hydrogen-bond donors (Lipinski definition) is 2. The van der Waals surface area contributed by atoms with Crippen molar-refractivity contribution in [3.8, 4) is 0 Å². The molecule has 0 radical (unpaired) electrons. The average molecular weight is 329 g/mol. The Balaban J connectivity index is 1.58. The van der Waals surface area contributed by atoms with E-state index in [1.165, 1.54) is 5.56 Å². The SMILES string of the molecule is O=C(N/C=C/c1cccc(Cl)c1)NCCCCc1ccccc1. The highest BCUT2D eigenvalue weighted by molar-refractivity contribution is 6.30. The van der Waals surface area contributed by atoms with E-state index in [1.807, 2.05) is 42.5 Å². The molecule has 0 bridgehead atoms. The summed E-state index contributed by atoms with van der Waals surface area (Å²) in [7, 11) is 0. The first kappa shape index (κ1) is 17.1. The van der Waals surface area contributed by atoms with Crippen LogP contribution in [-0.4, -0.2) is 12.6 Å². The van der Waals surface area contributed by atoms with E-state index in [-0.39, 0.29) is 6.03 Å². The van der Waals surface area contributed by atoms with Crippen LogP contribution in [0.1, 0.15) is 24.0 Å². The van der Waals surface area contributed by atoms with Crippen molar-refractivity contribution in [2.45, 2.75) is 19.3 Å². The summed E-state index contributed by atoms with van der Waals surface area (Å²) in [6, 6.07) is 17.6. The molecule has 4 heteroatoms. The van der Waals surface area contributed by atoms with E-state index < -0.39 is 0 Å². The Morgan fingerprint density at radius 2 is 1.87 bits per heavy atom. The zero-order valence-electron chi connectivity index (χ0n) is 13.0. The van der Waals surface area contributed by atoms with Crippen LogP contribution in [0.25, 0.3) is 6.08 Å². The number of aryl methyl sites for hydroxylation is 1. The van der Waals surface area contributed by atoms with Gasteiger partial charge in [0.15, 0.2) is 0 Å². The minimum Gasteiger partial charge on any atom is -0.338 e. The Kier molecular flexibility index (Phi) is 7.21. The summed E-state index contributed by atoms with van der Waals surface area (Å²) in [4.78, 5) is 11.6. The van der Waals surface area contributed by atoms with Gasteiger partial charge in [-0.05, 0) is 48.6 Å². The summed E-state index contributed by atoms with van der Waals surface area (Å²) in [6.07, 6.45) is 6.48. The molecule has 0 aliphatic carbocycles. The van der Waals surface area contributed by atoms with Crippen LogP contribution in [0.2, 0.25) is 5.02 Å². The molecule has 0 aliphatic rings. The molecule has 23 heavy (non-hydrogen) atoms. The van der Waals surface area contributed by atoms with Gasteiger partial charge in [0.1, 0.15) is 0 Å². The lowest BCUT2D eigenvalue weighted by molar-refractivity contribution is 0.244. The fourth-order valence-corrected chi connectivity index (χ4v) is 2.37. The Bertz CT molecular complexity index is 641. The molecule has 0 fully saturated rings. The molecular weight excluding hydrogens is 308 g/mol. The van der Waals surface area contributed by atoms with Crippen molar-refractivity contribution in [2.24, 2.45) is 0 Å². The molecule has 2 amide bonds. The second-order valence-electron chi connectivity index (χ2n) is 5.23. The first-order chi connectivity index (χ1) is 11.2. The van der Waals surface area contributed by atoms with Crippen molar-refractivity contribution in [1.82, 2.24) is 10.6 Å². The third-order valence-corrected chi connectivity index (χ3v) is 3.59. The number of nitrogens with one attached hydrogen (secondary N) is 2. The number of unbranched alkanes of at least 4 members (excludes halogenated alkanes) is 1. The molecule has 2 aromatic rings. The molecule has 0 saturated carbocycles. The lowest BCUT2D eigenvalue weighted by Crippen LogP contribution is -2.32. The van der Waals surface area contributed by atoms with Crippen LogP contribution in [0, 0.1) is 0 Å². The van der Waals surface area contributed by atoms with Crippen molar-refractivity contribution in [1.29, 1.82) is 0 Å². The van der Waals surface area contributed by atoms with E-state index in [4.69, 9.17) is 11.6 Å². The van der Waals surface area contributed by atoms with Crippen molar-refractivity contribution < 1.29 is 4.79 Å². The maximum atomic E-state index is 11.6. The van der Waals surface area contributed by atoms with Gasteiger partial charge in [0, 0.05) is 17.8 Å². The van der Waals surface area contributed by atoms with Gasteiger partial charge < -0.3 is 10.6 Å². The van der Waals surface area contributed by atoms with Gasteiger partial charge in [-0.15, -0.1) is 0 Å². The van der Waals surface area contributed by atoms with Gasteiger partial charge in [-0.2, -0.15) is 0 Å². The summed E-state index contributed by atoms with van der Waals surface area (Å²) in [5, 5.41) is 6.20. The lowest BCUT2D eigenvalue weighted by Gasteiger charge is -2.05. The molecule has 120 valence electrons. The number of hydrogen-bond acceptors (Lipinski definition) is 1. The maximum Gasteiger partial charge on any atom is 0.318 e. The summed E-state index contributed by atoms with van der Waals surface area (Å²) in [5.74, 6) is 0. The van der Waals surface area contributed by atoms with E-state index in [2.05, 4.69) is 22.8 Å². The van der Waals surface area contributed by atoms with Gasteiger partial charge in [-0.1, -0.05) is 54.1 Å². The highest BCUT2D eigenvalue weighted by Gasteiger charge is 1.97. The highest BCUT2D eigenvalue weighted by Crippen LogP contribution is 2.11. The minimum atomic E-state index is -0.192. The van der Waals surface area contributed by atoms with Crippen LogP contribution in [-0.2, 0) is 6.42 Å². The molecule has 0 heterocycles. The van der Waals surface area contributed by atoms with E-state index in [1.54, 1.807) is 12.3 Å². The first-order valence-electron chi connectivity index (χ1n) is 7.74. The van der Waals surface area contributed by atoms with Gasteiger partial charge in [0.25, 0.3) is 0 Å². The van der Waals surface area contributed by atoms with E-state index in [0.29, 0.717) is 11.6 Å². The summed E-state index contributed by atoms with van der Waals surface area (Å²) >= 11 is 5.90. The minimum absolute atomic E-state index is 0.192. The topological polar surface area (TPSA) is 41.1 Å². The number of halogens is 1. The molecule has 0 unspecified atom stereocenters. The summed E-state index contributed by atoms with van der Waals surface area (Å²) in [5.41, 5.74) is 2.28. The van der Waals surface area contributed by atoms with E-state index >= 15 is 0 Å². The maximum absolute atomic E-state index is 11.6. The number of rotatable bonds is 7. The second-order valence-corrected chi connectivity index (χ2v) is 5.67. The molecule has 0 spiro atoms. The van der Waals surface area contributed by atoms with Gasteiger partial charge in [0.2, 0.25) is 0 Å². The normalized spacial score (nSPS) is 10.7. The molecule has 3 nitrogen and oxygen atoms in total. The number of amides is 2. The average Bonchev–Trinajstić information content (AvgIpc) is 2.55. The van der Waals surface area contributed by atoms with Crippen LogP contribution in [0.15, 0.2) is 60.8 Å². The predicted octanol–water partition coefficient (Wildman–Crippen LogP) is 4.63. The summed E-state index contributed by atoms with van der Waals surface area (Å²) < 4.78 is 0. The van der Waals surface area contributed by atoms with Gasteiger partial charge in [0.05, 0.1) is 0 Å². The fraction of sp³-hybridized carbons (Fsp3) is 0.211. The predicted molar refractivity (Wildman–Crippen MR) is 96.4 cm³/mol. The summed E-state index contributed by atoms with van der Waals surface area (Å²) in [6.45, 7) is 0.670. The molecular formula is C19H21ClN2O. The number of carbonyl (C=O) groups is 1. The largest absolute Gasteiger partial charge is 0.338 e. The van der Waals surface area contributed by atoms with Crippen molar-refractivity contribution in [3.05, 3.63) is 76.9 Å². The number of carbonyl (C=O) groups excluding carboxylic acids is 1. The van der Waals surface area contributed by atoms with Crippen LogP contribution in [0.4, 0.5) is 4.79 Å². The molecule has 2 aromatic carbocycles.